The fourth-order valence-electron chi connectivity index (χ4n) is 2.06. The molecule has 2 rings (SSSR count). The molecule has 0 aromatic heterocycles. The van der Waals surface area contributed by atoms with Gasteiger partial charge in [0.05, 0.1) is 15.5 Å². The zero-order chi connectivity index (χ0) is 15.6. The number of nitro benzene ring substituents is 1. The molecule has 1 aliphatic carbocycles. The van der Waals surface area contributed by atoms with E-state index in [0.717, 1.165) is 18.6 Å². The zero-order valence-electron chi connectivity index (χ0n) is 11.2. The Bertz CT molecular complexity index is 543. The van der Waals surface area contributed by atoms with E-state index in [2.05, 4.69) is 31.9 Å². The Labute approximate surface area is 138 Å². The molecule has 0 saturated heterocycles. The highest BCUT2D eigenvalue weighted by Gasteiger charge is 2.43. The number of hydrogen-bond donors (Lipinski definition) is 0. The van der Waals surface area contributed by atoms with E-state index in [9.17, 15) is 14.5 Å². The van der Waals surface area contributed by atoms with Crippen LogP contribution in [0.2, 0.25) is 0 Å². The van der Waals surface area contributed by atoms with Crippen molar-refractivity contribution in [3.8, 4) is 5.75 Å². The van der Waals surface area contributed by atoms with Gasteiger partial charge < -0.3 is 9.47 Å². The van der Waals surface area contributed by atoms with Crippen molar-refractivity contribution >= 4 is 37.5 Å². The lowest BCUT2D eigenvalue weighted by Gasteiger charge is -2.40. The zero-order valence-corrected chi connectivity index (χ0v) is 14.4. The monoisotopic (exact) mass is 425 g/mol. The summed E-state index contributed by atoms with van der Waals surface area (Å²) in [6, 6.07) is 2.00. The second-order valence-corrected chi connectivity index (χ2v) is 6.77. The minimum absolute atomic E-state index is 0.0379. The summed E-state index contributed by atoms with van der Waals surface area (Å²) in [4.78, 5) is 10.5. The van der Waals surface area contributed by atoms with E-state index in [1.165, 1.54) is 0 Å². The lowest BCUT2D eigenvalue weighted by Crippen LogP contribution is -2.52. The van der Waals surface area contributed by atoms with Crippen LogP contribution in [0.5, 0.6) is 5.75 Å². The van der Waals surface area contributed by atoms with Gasteiger partial charge in [0, 0.05) is 17.9 Å². The molecule has 1 saturated carbocycles. The molecule has 3 unspecified atom stereocenters. The standard InChI is InChI=1S/C13H14Br2FNO4/c1-2-3-20-13-9(15)6-11(13)21-12-8(14)4-7(16)5-10(12)17(18)19/h4-5,9,11,13H,2-3,6H2,1H3. The number of nitro groups is 1. The molecule has 0 amide bonds. The van der Waals surface area contributed by atoms with Crippen LogP contribution in [0.25, 0.3) is 0 Å². The second-order valence-electron chi connectivity index (χ2n) is 4.74. The van der Waals surface area contributed by atoms with Crippen molar-refractivity contribution in [1.29, 1.82) is 0 Å². The maximum Gasteiger partial charge on any atom is 0.315 e. The second kappa shape index (κ2) is 7.02. The molecule has 0 spiro atoms. The van der Waals surface area contributed by atoms with Gasteiger partial charge in [0.1, 0.15) is 18.0 Å². The first-order chi connectivity index (χ1) is 9.93. The van der Waals surface area contributed by atoms with E-state index in [0.29, 0.717) is 13.0 Å². The molecule has 116 valence electrons. The van der Waals surface area contributed by atoms with Gasteiger partial charge in [-0.15, -0.1) is 0 Å². The number of rotatable bonds is 6. The van der Waals surface area contributed by atoms with Gasteiger partial charge in [0.25, 0.3) is 0 Å². The highest BCUT2D eigenvalue weighted by atomic mass is 79.9. The maximum atomic E-state index is 13.3. The van der Waals surface area contributed by atoms with Crippen LogP contribution in [0.1, 0.15) is 19.8 Å². The first-order valence-electron chi connectivity index (χ1n) is 6.49. The summed E-state index contributed by atoms with van der Waals surface area (Å²) in [5.41, 5.74) is -0.394. The quantitative estimate of drug-likeness (QED) is 0.388. The fourth-order valence-corrected chi connectivity index (χ4v) is 3.44. The molecule has 0 N–H and O–H groups in total. The Morgan fingerprint density at radius 1 is 1.52 bits per heavy atom. The smallest absolute Gasteiger partial charge is 0.315 e. The van der Waals surface area contributed by atoms with Gasteiger partial charge >= 0.3 is 5.69 Å². The van der Waals surface area contributed by atoms with Crippen molar-refractivity contribution in [3.63, 3.8) is 0 Å². The van der Waals surface area contributed by atoms with Crippen LogP contribution in [-0.4, -0.2) is 28.6 Å². The van der Waals surface area contributed by atoms with Crippen LogP contribution >= 0.6 is 31.9 Å². The number of alkyl halides is 1. The van der Waals surface area contributed by atoms with E-state index in [4.69, 9.17) is 9.47 Å². The molecule has 0 bridgehead atoms. The summed E-state index contributed by atoms with van der Waals surface area (Å²) in [6.07, 6.45) is 1.10. The third-order valence-corrected chi connectivity index (χ3v) is 4.63. The number of nitrogens with zero attached hydrogens (tertiary/aromatic N) is 1. The summed E-state index contributed by atoms with van der Waals surface area (Å²) >= 11 is 6.59. The molecule has 1 fully saturated rings. The van der Waals surface area contributed by atoms with Crippen LogP contribution in [0, 0.1) is 15.9 Å². The lowest BCUT2D eigenvalue weighted by atomic mass is 9.91. The molecule has 21 heavy (non-hydrogen) atoms. The first-order valence-corrected chi connectivity index (χ1v) is 8.20. The molecule has 1 aromatic carbocycles. The number of hydrogen-bond acceptors (Lipinski definition) is 4. The van der Waals surface area contributed by atoms with E-state index < -0.39 is 16.4 Å². The summed E-state index contributed by atoms with van der Waals surface area (Å²) in [6.45, 7) is 2.60. The number of halogens is 3. The van der Waals surface area contributed by atoms with Gasteiger partial charge in [0.2, 0.25) is 5.75 Å². The largest absolute Gasteiger partial charge is 0.480 e. The molecule has 1 aliphatic rings. The predicted octanol–water partition coefficient (Wildman–Crippen LogP) is 4.21. The van der Waals surface area contributed by atoms with Crippen LogP contribution in [0.4, 0.5) is 10.1 Å². The maximum absolute atomic E-state index is 13.3. The van der Waals surface area contributed by atoms with Crippen molar-refractivity contribution in [2.75, 3.05) is 6.61 Å². The Morgan fingerprint density at radius 2 is 2.24 bits per heavy atom. The van der Waals surface area contributed by atoms with Crippen molar-refractivity contribution in [2.45, 2.75) is 36.8 Å². The van der Waals surface area contributed by atoms with Gasteiger partial charge in [-0.1, -0.05) is 22.9 Å². The van der Waals surface area contributed by atoms with Crippen molar-refractivity contribution in [3.05, 3.63) is 32.5 Å². The molecule has 0 aliphatic heterocycles. The minimum Gasteiger partial charge on any atom is -0.480 e. The van der Waals surface area contributed by atoms with Gasteiger partial charge in [-0.05, 0) is 28.4 Å². The van der Waals surface area contributed by atoms with Crippen molar-refractivity contribution < 1.29 is 18.8 Å². The van der Waals surface area contributed by atoms with Crippen LogP contribution in [0.15, 0.2) is 16.6 Å². The average Bonchev–Trinajstić information content (AvgIpc) is 2.40. The van der Waals surface area contributed by atoms with Crippen LogP contribution < -0.4 is 4.74 Å². The first kappa shape index (κ1) is 16.6. The van der Waals surface area contributed by atoms with Crippen molar-refractivity contribution in [2.24, 2.45) is 0 Å². The Balaban J connectivity index is 2.18. The molecule has 8 heteroatoms. The number of benzene rings is 1. The topological polar surface area (TPSA) is 61.6 Å². The molecule has 5 nitrogen and oxygen atoms in total. The van der Waals surface area contributed by atoms with E-state index in [1.54, 1.807) is 0 Å². The Kier molecular flexibility index (Phi) is 5.56. The van der Waals surface area contributed by atoms with Gasteiger partial charge in [0.15, 0.2) is 0 Å². The normalized spacial score (nSPS) is 24.5. The third-order valence-electron chi connectivity index (χ3n) is 3.15. The van der Waals surface area contributed by atoms with E-state index in [1.807, 2.05) is 6.92 Å². The summed E-state index contributed by atoms with van der Waals surface area (Å²) < 4.78 is 24.9. The molecule has 0 heterocycles. The van der Waals surface area contributed by atoms with Gasteiger partial charge in [-0.25, -0.2) is 4.39 Å². The lowest BCUT2D eigenvalue weighted by molar-refractivity contribution is -0.386. The minimum atomic E-state index is -0.688. The molecule has 1 aromatic rings. The summed E-state index contributed by atoms with van der Waals surface area (Å²) in [5.74, 6) is -0.650. The van der Waals surface area contributed by atoms with Gasteiger partial charge in [-0.2, -0.15) is 0 Å². The fraction of sp³-hybridized carbons (Fsp3) is 0.538. The van der Waals surface area contributed by atoms with E-state index in [-0.39, 0.29) is 27.3 Å². The van der Waals surface area contributed by atoms with E-state index >= 15 is 0 Å². The molecule has 0 radical (unpaired) electrons. The predicted molar refractivity (Wildman–Crippen MR) is 82.5 cm³/mol. The Hall–Kier alpha value is -0.730. The molecular formula is C13H14Br2FNO4. The van der Waals surface area contributed by atoms with Gasteiger partial charge in [-0.3, -0.25) is 10.1 Å². The van der Waals surface area contributed by atoms with Crippen LogP contribution in [0.3, 0.4) is 0 Å². The highest BCUT2D eigenvalue weighted by molar-refractivity contribution is 9.10. The SMILES string of the molecule is CCCOC1C(Br)CC1Oc1c(Br)cc(F)cc1[N+](=O)[O-]. The third kappa shape index (κ3) is 3.73. The van der Waals surface area contributed by atoms with Crippen LogP contribution in [-0.2, 0) is 4.74 Å². The highest BCUT2D eigenvalue weighted by Crippen LogP contribution is 2.41. The number of ether oxygens (including phenoxy) is 2. The van der Waals surface area contributed by atoms with Crippen molar-refractivity contribution in [1.82, 2.24) is 0 Å². The summed E-state index contributed by atoms with van der Waals surface area (Å²) in [5, 5.41) is 11.0. The molecular weight excluding hydrogens is 413 g/mol. The Morgan fingerprint density at radius 3 is 2.81 bits per heavy atom. The summed E-state index contributed by atoms with van der Waals surface area (Å²) in [7, 11) is 0. The average molecular weight is 427 g/mol. The molecule has 3 atom stereocenters.